The fourth-order valence-electron chi connectivity index (χ4n) is 2.81. The number of rotatable bonds is 6. The number of aryl methyl sites for hydroxylation is 1. The average Bonchev–Trinajstić information content (AvgIpc) is 2.67. The summed E-state index contributed by atoms with van der Waals surface area (Å²) in [6.45, 7) is 0. The maximum absolute atomic E-state index is 12.1. The van der Waals surface area contributed by atoms with Gasteiger partial charge in [-0.25, -0.2) is 5.43 Å². The second-order valence-corrected chi connectivity index (χ2v) is 6.07. The van der Waals surface area contributed by atoms with Crippen molar-refractivity contribution in [3.8, 4) is 5.75 Å². The molecule has 0 fully saturated rings. The molecule has 0 aliphatic heterocycles. The molecule has 0 aliphatic carbocycles. The molecule has 0 heterocycles. The first-order chi connectivity index (χ1) is 13.0. The van der Waals surface area contributed by atoms with Crippen LogP contribution in [0.4, 0.5) is 0 Å². The molecule has 0 saturated heterocycles. The van der Waals surface area contributed by atoms with E-state index in [0.29, 0.717) is 18.4 Å². The highest BCUT2D eigenvalue weighted by Crippen LogP contribution is 2.23. The van der Waals surface area contributed by atoms with Crippen LogP contribution in [0.5, 0.6) is 5.75 Å². The van der Waals surface area contributed by atoms with E-state index in [0.717, 1.165) is 21.9 Å². The van der Waals surface area contributed by atoms with Gasteiger partial charge in [0.25, 0.3) is 5.91 Å². The number of phenolic OH excluding ortho intramolecular Hbond substituents is 1. The van der Waals surface area contributed by atoms with Crippen molar-refractivity contribution in [2.45, 2.75) is 12.8 Å². The molecule has 4 N–H and O–H groups in total. The molecule has 0 bridgehead atoms. The van der Waals surface area contributed by atoms with Crippen LogP contribution in [0, 0.1) is 0 Å². The zero-order valence-electron chi connectivity index (χ0n) is 14.6. The molecule has 136 valence electrons. The molecule has 3 rings (SSSR count). The summed E-state index contributed by atoms with van der Waals surface area (Å²) in [4.78, 5) is 23.1. The minimum absolute atomic E-state index is 0.0953. The van der Waals surface area contributed by atoms with Crippen LogP contribution < -0.4 is 11.2 Å². The van der Waals surface area contributed by atoms with Crippen LogP contribution in [-0.4, -0.2) is 23.1 Å². The smallest absolute Gasteiger partial charge is 0.271 e. The molecule has 0 aromatic heterocycles. The summed E-state index contributed by atoms with van der Waals surface area (Å²) in [5.41, 5.74) is 10.0. The number of primary amides is 1. The van der Waals surface area contributed by atoms with Gasteiger partial charge >= 0.3 is 0 Å². The molecule has 0 spiro atoms. The van der Waals surface area contributed by atoms with Crippen LogP contribution in [0.25, 0.3) is 10.8 Å². The zero-order valence-corrected chi connectivity index (χ0v) is 14.6. The van der Waals surface area contributed by atoms with E-state index in [1.165, 1.54) is 24.3 Å². The lowest BCUT2D eigenvalue weighted by atomic mass is 9.97. The molecule has 3 aromatic rings. The van der Waals surface area contributed by atoms with Crippen molar-refractivity contribution in [1.29, 1.82) is 0 Å². The lowest BCUT2D eigenvalue weighted by Crippen LogP contribution is -2.17. The van der Waals surface area contributed by atoms with Crippen molar-refractivity contribution in [2.24, 2.45) is 10.8 Å². The van der Waals surface area contributed by atoms with Crippen LogP contribution in [0.15, 0.2) is 65.8 Å². The molecule has 2 amide bonds. The predicted octanol–water partition coefficient (Wildman–Crippen LogP) is 2.73. The third kappa shape index (κ3) is 4.49. The summed E-state index contributed by atoms with van der Waals surface area (Å²) >= 11 is 0. The van der Waals surface area contributed by atoms with Crippen LogP contribution in [0.1, 0.15) is 27.9 Å². The second-order valence-electron chi connectivity index (χ2n) is 6.07. The standard InChI is InChI=1S/C21H19N3O3/c22-20(26)12-9-14-5-6-16(19-4-2-1-3-18(14)19)13-23-24-21(27)15-7-10-17(25)11-8-15/h1-8,10-11,13,25H,9,12H2,(H2,22,26)(H,24,27). The SMILES string of the molecule is NC(=O)CCc1ccc(C=NNC(=O)c2ccc(O)cc2)c2ccccc12. The predicted molar refractivity (Wildman–Crippen MR) is 105 cm³/mol. The number of hydrazone groups is 1. The van der Waals surface area contributed by atoms with Crippen molar-refractivity contribution >= 4 is 28.8 Å². The Bertz CT molecular complexity index is 1010. The lowest BCUT2D eigenvalue weighted by Gasteiger charge is -2.08. The largest absolute Gasteiger partial charge is 0.508 e. The van der Waals surface area contributed by atoms with E-state index < -0.39 is 0 Å². The molecule has 6 nitrogen and oxygen atoms in total. The third-order valence-corrected chi connectivity index (χ3v) is 4.19. The first-order valence-electron chi connectivity index (χ1n) is 8.46. The molecule has 0 atom stereocenters. The third-order valence-electron chi connectivity index (χ3n) is 4.19. The van der Waals surface area contributed by atoms with Gasteiger partial charge < -0.3 is 10.8 Å². The van der Waals surface area contributed by atoms with E-state index in [4.69, 9.17) is 5.73 Å². The number of amides is 2. The van der Waals surface area contributed by atoms with E-state index in [1.54, 1.807) is 6.21 Å². The van der Waals surface area contributed by atoms with Crippen molar-refractivity contribution in [3.63, 3.8) is 0 Å². The number of carbonyl (C=O) groups is 2. The summed E-state index contributed by atoms with van der Waals surface area (Å²) in [7, 11) is 0. The molecular weight excluding hydrogens is 342 g/mol. The van der Waals surface area contributed by atoms with Crippen LogP contribution >= 0.6 is 0 Å². The number of nitrogens with one attached hydrogen (secondary N) is 1. The van der Waals surface area contributed by atoms with E-state index >= 15 is 0 Å². The lowest BCUT2D eigenvalue weighted by molar-refractivity contribution is -0.117. The van der Waals surface area contributed by atoms with Crippen molar-refractivity contribution < 1.29 is 14.7 Å². The van der Waals surface area contributed by atoms with Crippen molar-refractivity contribution in [1.82, 2.24) is 5.43 Å². The monoisotopic (exact) mass is 361 g/mol. The Morgan fingerprint density at radius 1 is 1.00 bits per heavy atom. The Balaban J connectivity index is 1.79. The van der Waals surface area contributed by atoms with Crippen molar-refractivity contribution in [3.05, 3.63) is 77.4 Å². The van der Waals surface area contributed by atoms with Gasteiger partial charge in [-0.2, -0.15) is 5.10 Å². The Morgan fingerprint density at radius 3 is 2.41 bits per heavy atom. The summed E-state index contributed by atoms with van der Waals surface area (Å²) < 4.78 is 0. The minimum atomic E-state index is -0.367. The topological polar surface area (TPSA) is 105 Å². The normalized spacial score (nSPS) is 11.0. The molecule has 3 aromatic carbocycles. The first kappa shape index (κ1) is 18.1. The zero-order chi connectivity index (χ0) is 19.2. The Morgan fingerprint density at radius 2 is 1.70 bits per heavy atom. The number of fused-ring (bicyclic) bond motifs is 1. The molecular formula is C21H19N3O3. The highest BCUT2D eigenvalue weighted by atomic mass is 16.3. The Hall–Kier alpha value is -3.67. The molecule has 27 heavy (non-hydrogen) atoms. The highest BCUT2D eigenvalue weighted by Gasteiger charge is 2.07. The van der Waals surface area contributed by atoms with Gasteiger partial charge in [0.2, 0.25) is 5.91 Å². The quantitative estimate of drug-likeness (QED) is 0.464. The maximum atomic E-state index is 12.1. The van der Waals surface area contributed by atoms with Gasteiger partial charge in [-0.05, 0) is 47.0 Å². The van der Waals surface area contributed by atoms with Gasteiger partial charge in [0.1, 0.15) is 5.75 Å². The number of phenols is 1. The number of hydrogen-bond donors (Lipinski definition) is 3. The molecule has 0 saturated carbocycles. The number of aromatic hydroxyl groups is 1. The van der Waals surface area contributed by atoms with Crippen LogP contribution in [0.2, 0.25) is 0 Å². The van der Waals surface area contributed by atoms with Gasteiger partial charge in [-0.15, -0.1) is 0 Å². The summed E-state index contributed by atoms with van der Waals surface area (Å²) in [6, 6.07) is 17.6. The highest BCUT2D eigenvalue weighted by molar-refractivity contribution is 6.02. The number of nitrogens with zero attached hydrogens (tertiary/aromatic N) is 1. The molecule has 6 heteroatoms. The summed E-state index contributed by atoms with van der Waals surface area (Å²) in [5.74, 6) is -0.603. The Kier molecular flexibility index (Phi) is 5.47. The summed E-state index contributed by atoms with van der Waals surface area (Å²) in [5, 5.41) is 15.3. The van der Waals surface area contributed by atoms with Crippen LogP contribution in [-0.2, 0) is 11.2 Å². The first-order valence-corrected chi connectivity index (χ1v) is 8.46. The van der Waals surface area contributed by atoms with E-state index in [2.05, 4.69) is 10.5 Å². The van der Waals surface area contributed by atoms with Gasteiger partial charge in [-0.3, -0.25) is 9.59 Å². The number of carbonyl (C=O) groups excluding carboxylic acids is 2. The molecule has 0 aliphatic rings. The number of benzene rings is 3. The van der Waals surface area contributed by atoms with Gasteiger partial charge in [0, 0.05) is 17.5 Å². The van der Waals surface area contributed by atoms with Crippen molar-refractivity contribution in [2.75, 3.05) is 0 Å². The maximum Gasteiger partial charge on any atom is 0.271 e. The van der Waals surface area contributed by atoms with E-state index in [9.17, 15) is 14.7 Å². The van der Waals surface area contributed by atoms with Gasteiger partial charge in [-0.1, -0.05) is 36.4 Å². The summed E-state index contributed by atoms with van der Waals surface area (Å²) in [6.07, 6.45) is 2.45. The Labute approximate surface area is 156 Å². The molecule has 0 unspecified atom stereocenters. The molecule has 0 radical (unpaired) electrons. The fraction of sp³-hybridized carbons (Fsp3) is 0.0952. The minimum Gasteiger partial charge on any atom is -0.508 e. The van der Waals surface area contributed by atoms with E-state index in [-0.39, 0.29) is 17.6 Å². The van der Waals surface area contributed by atoms with Crippen LogP contribution in [0.3, 0.4) is 0 Å². The number of hydrogen-bond acceptors (Lipinski definition) is 4. The average molecular weight is 361 g/mol. The fourth-order valence-corrected chi connectivity index (χ4v) is 2.81. The second kappa shape index (κ2) is 8.14. The van der Waals surface area contributed by atoms with E-state index in [1.807, 2.05) is 36.4 Å². The number of nitrogens with two attached hydrogens (primary N) is 1. The van der Waals surface area contributed by atoms with Gasteiger partial charge in [0.15, 0.2) is 0 Å². The van der Waals surface area contributed by atoms with Gasteiger partial charge in [0.05, 0.1) is 6.21 Å².